The number of anilines is 1. The van der Waals surface area contributed by atoms with Gasteiger partial charge in [0.05, 0.1) is 41.7 Å². The van der Waals surface area contributed by atoms with Crippen LogP contribution in [-0.2, 0) is 11.3 Å². The molecule has 0 aliphatic heterocycles. The van der Waals surface area contributed by atoms with E-state index in [4.69, 9.17) is 0 Å². The zero-order valence-electron chi connectivity index (χ0n) is 15.6. The zero-order valence-corrected chi connectivity index (χ0v) is 15.6. The van der Waals surface area contributed by atoms with Crippen LogP contribution in [-0.4, -0.2) is 48.1 Å². The van der Waals surface area contributed by atoms with Gasteiger partial charge >= 0.3 is 0 Å². The van der Waals surface area contributed by atoms with E-state index in [0.717, 1.165) is 22.4 Å². The SMILES string of the molecule is Cc1cnc(CNC(=O)[C@H]2CC[C@@H](O)[C@H](Nc3ncnc4[nH]ccc34)C2)cn1. The summed E-state index contributed by atoms with van der Waals surface area (Å²) in [5.74, 6) is 0.449. The van der Waals surface area contributed by atoms with Gasteiger partial charge in [-0.2, -0.15) is 0 Å². The number of aliphatic hydroxyl groups is 1. The van der Waals surface area contributed by atoms with Crippen molar-refractivity contribution in [2.45, 2.75) is 44.9 Å². The Morgan fingerprint density at radius 1 is 1.25 bits per heavy atom. The minimum Gasteiger partial charge on any atom is -0.391 e. The standard InChI is InChI=1S/C19H23N7O2/c1-11-7-22-13(8-21-11)9-23-19(28)12-2-3-16(27)15(6-12)26-18-14-4-5-20-17(14)24-10-25-18/h4-5,7-8,10,12,15-16,27H,2-3,6,9H2,1H3,(H,23,28)(H2,20,24,25,26)/t12-,15+,16+/m0/s1. The summed E-state index contributed by atoms with van der Waals surface area (Å²) in [6.07, 6.45) is 7.83. The van der Waals surface area contributed by atoms with E-state index in [0.29, 0.717) is 31.6 Å². The molecule has 0 aromatic carbocycles. The highest BCUT2D eigenvalue weighted by Crippen LogP contribution is 2.28. The highest BCUT2D eigenvalue weighted by Gasteiger charge is 2.33. The van der Waals surface area contributed by atoms with Crippen LogP contribution in [0.4, 0.5) is 5.82 Å². The lowest BCUT2D eigenvalue weighted by Gasteiger charge is -2.33. The van der Waals surface area contributed by atoms with E-state index >= 15 is 0 Å². The molecule has 1 aliphatic carbocycles. The quantitative estimate of drug-likeness (QED) is 0.524. The third-order valence-electron chi connectivity index (χ3n) is 5.14. The molecule has 3 atom stereocenters. The first-order chi connectivity index (χ1) is 13.6. The van der Waals surface area contributed by atoms with E-state index in [2.05, 4.69) is 35.6 Å². The van der Waals surface area contributed by atoms with Crippen LogP contribution in [0.3, 0.4) is 0 Å². The molecule has 9 heteroatoms. The molecule has 0 radical (unpaired) electrons. The third kappa shape index (κ3) is 3.94. The van der Waals surface area contributed by atoms with Crippen molar-refractivity contribution in [3.05, 3.63) is 42.4 Å². The molecule has 3 heterocycles. The van der Waals surface area contributed by atoms with Gasteiger partial charge in [-0.05, 0) is 32.3 Å². The molecule has 0 spiro atoms. The van der Waals surface area contributed by atoms with Crippen LogP contribution in [0.2, 0.25) is 0 Å². The first kappa shape index (κ1) is 18.3. The van der Waals surface area contributed by atoms with E-state index in [1.54, 1.807) is 18.6 Å². The molecule has 1 amide bonds. The Morgan fingerprint density at radius 3 is 2.96 bits per heavy atom. The van der Waals surface area contributed by atoms with Crippen LogP contribution in [0.25, 0.3) is 11.0 Å². The van der Waals surface area contributed by atoms with E-state index in [1.165, 1.54) is 6.33 Å². The maximum absolute atomic E-state index is 12.6. The second-order valence-corrected chi connectivity index (χ2v) is 7.16. The number of nitrogens with zero attached hydrogens (tertiary/aromatic N) is 4. The van der Waals surface area contributed by atoms with Crippen molar-refractivity contribution in [2.24, 2.45) is 5.92 Å². The highest BCUT2D eigenvalue weighted by molar-refractivity contribution is 5.86. The van der Waals surface area contributed by atoms with E-state index in [1.807, 2.05) is 13.0 Å². The van der Waals surface area contributed by atoms with Crippen molar-refractivity contribution in [1.29, 1.82) is 0 Å². The zero-order chi connectivity index (χ0) is 19.5. The van der Waals surface area contributed by atoms with Crippen molar-refractivity contribution in [3.63, 3.8) is 0 Å². The Bertz CT molecular complexity index is 956. The number of H-pyrrole nitrogens is 1. The summed E-state index contributed by atoms with van der Waals surface area (Å²) < 4.78 is 0. The lowest BCUT2D eigenvalue weighted by atomic mass is 9.83. The number of fused-ring (bicyclic) bond motifs is 1. The molecule has 4 rings (SSSR count). The number of aromatic nitrogens is 5. The van der Waals surface area contributed by atoms with Gasteiger partial charge in [0, 0.05) is 18.3 Å². The lowest BCUT2D eigenvalue weighted by molar-refractivity contribution is -0.126. The fourth-order valence-corrected chi connectivity index (χ4v) is 3.54. The number of hydrogen-bond acceptors (Lipinski definition) is 7. The number of carbonyl (C=O) groups excluding carboxylic acids is 1. The molecule has 1 fully saturated rings. The van der Waals surface area contributed by atoms with Crippen LogP contribution in [0.5, 0.6) is 0 Å². The van der Waals surface area contributed by atoms with Crippen LogP contribution in [0.1, 0.15) is 30.7 Å². The Labute approximate surface area is 162 Å². The number of aromatic amines is 1. The molecule has 0 unspecified atom stereocenters. The van der Waals surface area contributed by atoms with E-state index in [9.17, 15) is 9.90 Å². The first-order valence-corrected chi connectivity index (χ1v) is 9.38. The Hall–Kier alpha value is -3.07. The number of aryl methyl sites for hydroxylation is 1. The summed E-state index contributed by atoms with van der Waals surface area (Å²) in [6.45, 7) is 2.22. The summed E-state index contributed by atoms with van der Waals surface area (Å²) in [5.41, 5.74) is 2.29. The Balaban J connectivity index is 1.39. The monoisotopic (exact) mass is 381 g/mol. The van der Waals surface area contributed by atoms with Gasteiger partial charge in [-0.1, -0.05) is 0 Å². The molecule has 146 valence electrons. The number of carbonyl (C=O) groups is 1. The lowest BCUT2D eigenvalue weighted by Crippen LogP contribution is -2.44. The molecule has 28 heavy (non-hydrogen) atoms. The molecular weight excluding hydrogens is 358 g/mol. The average Bonchev–Trinajstić information content (AvgIpc) is 3.19. The van der Waals surface area contributed by atoms with Crippen molar-refractivity contribution in [1.82, 2.24) is 30.2 Å². The maximum atomic E-state index is 12.6. The van der Waals surface area contributed by atoms with Crippen LogP contribution in [0.15, 0.2) is 31.0 Å². The fourth-order valence-electron chi connectivity index (χ4n) is 3.54. The van der Waals surface area contributed by atoms with Gasteiger partial charge in [0.1, 0.15) is 17.8 Å². The van der Waals surface area contributed by atoms with Crippen LogP contribution < -0.4 is 10.6 Å². The van der Waals surface area contributed by atoms with Gasteiger partial charge < -0.3 is 20.7 Å². The summed E-state index contributed by atoms with van der Waals surface area (Å²) in [7, 11) is 0. The fraction of sp³-hybridized carbons (Fsp3) is 0.421. The van der Waals surface area contributed by atoms with E-state index < -0.39 is 6.10 Å². The summed E-state index contributed by atoms with van der Waals surface area (Å²) in [4.78, 5) is 32.6. The second-order valence-electron chi connectivity index (χ2n) is 7.16. The number of rotatable bonds is 5. The predicted octanol–water partition coefficient (Wildman–Crippen LogP) is 1.31. The minimum absolute atomic E-state index is 0.0319. The molecule has 0 bridgehead atoms. The molecule has 9 nitrogen and oxygen atoms in total. The van der Waals surface area contributed by atoms with Gasteiger partial charge in [-0.25, -0.2) is 9.97 Å². The number of amides is 1. The van der Waals surface area contributed by atoms with Gasteiger partial charge in [0.25, 0.3) is 0 Å². The van der Waals surface area contributed by atoms with Gasteiger partial charge in [-0.15, -0.1) is 0 Å². The molecule has 3 aromatic heterocycles. The molecule has 4 N–H and O–H groups in total. The largest absolute Gasteiger partial charge is 0.391 e. The summed E-state index contributed by atoms with van der Waals surface area (Å²) in [5, 5.41) is 17.5. The van der Waals surface area contributed by atoms with Crippen molar-refractivity contribution in [2.75, 3.05) is 5.32 Å². The normalized spacial score (nSPS) is 22.1. The number of aliphatic hydroxyl groups excluding tert-OH is 1. The predicted molar refractivity (Wildman–Crippen MR) is 103 cm³/mol. The number of nitrogens with one attached hydrogen (secondary N) is 3. The smallest absolute Gasteiger partial charge is 0.223 e. The second kappa shape index (κ2) is 7.89. The summed E-state index contributed by atoms with van der Waals surface area (Å²) >= 11 is 0. The molecule has 3 aromatic rings. The van der Waals surface area contributed by atoms with E-state index in [-0.39, 0.29) is 17.9 Å². The van der Waals surface area contributed by atoms with Crippen LogP contribution in [0, 0.1) is 12.8 Å². The topological polar surface area (TPSA) is 129 Å². The molecule has 0 saturated heterocycles. The molecule has 1 aliphatic rings. The highest BCUT2D eigenvalue weighted by atomic mass is 16.3. The van der Waals surface area contributed by atoms with Gasteiger partial charge in [0.15, 0.2) is 0 Å². The minimum atomic E-state index is -0.532. The van der Waals surface area contributed by atoms with Gasteiger partial charge in [-0.3, -0.25) is 14.8 Å². The van der Waals surface area contributed by atoms with Crippen molar-refractivity contribution >= 4 is 22.8 Å². The Kier molecular flexibility index (Phi) is 5.16. The molecular formula is C19H23N7O2. The van der Waals surface area contributed by atoms with Crippen molar-refractivity contribution < 1.29 is 9.90 Å². The van der Waals surface area contributed by atoms with Crippen LogP contribution >= 0.6 is 0 Å². The van der Waals surface area contributed by atoms with Crippen molar-refractivity contribution in [3.8, 4) is 0 Å². The summed E-state index contributed by atoms with van der Waals surface area (Å²) in [6, 6.07) is 1.64. The average molecular weight is 381 g/mol. The molecule has 1 saturated carbocycles. The third-order valence-corrected chi connectivity index (χ3v) is 5.14. The maximum Gasteiger partial charge on any atom is 0.223 e. The first-order valence-electron chi connectivity index (χ1n) is 9.38. The Morgan fingerprint density at radius 2 is 2.14 bits per heavy atom. The number of hydrogen-bond donors (Lipinski definition) is 4. The van der Waals surface area contributed by atoms with Gasteiger partial charge in [0.2, 0.25) is 5.91 Å².